The van der Waals surface area contributed by atoms with Gasteiger partial charge in [-0.25, -0.2) is 0 Å². The summed E-state index contributed by atoms with van der Waals surface area (Å²) in [6, 6.07) is 12.2. The molecule has 1 heterocycles. The molecule has 0 bridgehead atoms. The number of halogens is 1. The zero-order valence-electron chi connectivity index (χ0n) is 8.87. The molecule has 1 aromatic heterocycles. The van der Waals surface area contributed by atoms with E-state index in [2.05, 4.69) is 34.7 Å². The minimum atomic E-state index is 0.224. The molecule has 0 aliphatic rings. The van der Waals surface area contributed by atoms with Crippen LogP contribution in [0.3, 0.4) is 0 Å². The van der Waals surface area contributed by atoms with Gasteiger partial charge in [0.1, 0.15) is 0 Å². The van der Waals surface area contributed by atoms with Gasteiger partial charge in [-0.1, -0.05) is 25.1 Å². The van der Waals surface area contributed by atoms with E-state index in [0.717, 1.165) is 4.88 Å². The van der Waals surface area contributed by atoms with E-state index >= 15 is 0 Å². The molecule has 0 aliphatic carbocycles. The van der Waals surface area contributed by atoms with E-state index in [-0.39, 0.29) is 5.78 Å². The summed E-state index contributed by atoms with van der Waals surface area (Å²) in [5, 5.41) is 0. The first kappa shape index (κ1) is 11.8. The molecular weight excluding hydrogens is 331 g/mol. The largest absolute Gasteiger partial charge is 0.293 e. The van der Waals surface area contributed by atoms with Gasteiger partial charge in [0.2, 0.25) is 0 Å². The highest BCUT2D eigenvalue weighted by molar-refractivity contribution is 14.1. The molecule has 16 heavy (non-hydrogen) atoms. The number of ketones is 1. The molecule has 3 heteroatoms. The van der Waals surface area contributed by atoms with E-state index in [9.17, 15) is 4.79 Å². The number of benzene rings is 1. The second-order valence-electron chi connectivity index (χ2n) is 3.42. The van der Waals surface area contributed by atoms with Gasteiger partial charge in [0.15, 0.2) is 5.78 Å². The number of hydrogen-bond acceptors (Lipinski definition) is 2. The molecular formula is C13H11IOS. The lowest BCUT2D eigenvalue weighted by Gasteiger charge is -1.99. The molecule has 0 spiro atoms. The van der Waals surface area contributed by atoms with Gasteiger partial charge < -0.3 is 0 Å². The Labute approximate surface area is 113 Å². The van der Waals surface area contributed by atoms with Gasteiger partial charge in [-0.2, -0.15) is 0 Å². The van der Waals surface area contributed by atoms with Crippen molar-refractivity contribution in [1.29, 1.82) is 0 Å². The molecule has 1 aromatic carbocycles. The number of carbonyl (C=O) groups excluding carboxylic acids is 1. The lowest BCUT2D eigenvalue weighted by atomic mass is 10.2. The van der Waals surface area contributed by atoms with Gasteiger partial charge in [0, 0.05) is 20.4 Å². The van der Waals surface area contributed by atoms with E-state index in [1.807, 2.05) is 31.2 Å². The molecule has 0 N–H and O–H groups in total. The molecule has 0 atom stereocenters. The van der Waals surface area contributed by atoms with Crippen LogP contribution in [0.1, 0.15) is 23.0 Å². The summed E-state index contributed by atoms with van der Waals surface area (Å²) >= 11 is 3.90. The monoisotopic (exact) mass is 342 g/mol. The Hall–Kier alpha value is -0.680. The van der Waals surface area contributed by atoms with E-state index in [4.69, 9.17) is 0 Å². The summed E-state index contributed by atoms with van der Waals surface area (Å²) in [5.41, 5.74) is 1.21. The maximum absolute atomic E-state index is 11.6. The van der Waals surface area contributed by atoms with E-state index < -0.39 is 0 Å². The molecule has 0 saturated heterocycles. The van der Waals surface area contributed by atoms with E-state index in [1.54, 1.807) is 11.3 Å². The van der Waals surface area contributed by atoms with Gasteiger partial charge in [-0.05, 0) is 40.8 Å². The Bertz CT molecular complexity index is 516. The first-order valence-corrected chi connectivity index (χ1v) is 7.00. The molecule has 0 aliphatic heterocycles. The minimum Gasteiger partial charge on any atom is -0.293 e. The second-order valence-corrected chi connectivity index (χ2v) is 5.67. The molecule has 0 unspecified atom stereocenters. The summed E-state index contributed by atoms with van der Waals surface area (Å²) in [6.45, 7) is 1.90. The van der Waals surface area contributed by atoms with Crippen LogP contribution in [0.15, 0.2) is 36.4 Å². The van der Waals surface area contributed by atoms with Crippen molar-refractivity contribution < 1.29 is 4.79 Å². The van der Waals surface area contributed by atoms with Crippen molar-refractivity contribution in [2.45, 2.75) is 13.3 Å². The Kier molecular flexibility index (Phi) is 3.76. The normalized spacial score (nSPS) is 10.4. The van der Waals surface area contributed by atoms with Crippen molar-refractivity contribution in [3.05, 3.63) is 44.8 Å². The van der Waals surface area contributed by atoms with Crippen LogP contribution in [0.25, 0.3) is 10.4 Å². The SMILES string of the molecule is CCC(=O)c1ccc(-c2ccccc2I)s1. The fourth-order valence-corrected chi connectivity index (χ4v) is 3.38. The lowest BCUT2D eigenvalue weighted by molar-refractivity contribution is 0.0992. The standard InChI is InChI=1S/C13H11IOS/c1-2-11(15)13-8-7-12(16-13)9-5-3-4-6-10(9)14/h3-8H,2H2,1H3. The van der Waals surface area contributed by atoms with Gasteiger partial charge in [-0.15, -0.1) is 11.3 Å². The zero-order valence-corrected chi connectivity index (χ0v) is 11.8. The maximum atomic E-state index is 11.6. The van der Waals surface area contributed by atoms with Crippen LogP contribution in [-0.2, 0) is 0 Å². The third-order valence-corrected chi connectivity index (χ3v) is 4.44. The first-order valence-electron chi connectivity index (χ1n) is 5.10. The predicted octanol–water partition coefficient (Wildman–Crippen LogP) is 4.61. The average Bonchev–Trinajstić information content (AvgIpc) is 2.78. The highest BCUT2D eigenvalue weighted by atomic mass is 127. The van der Waals surface area contributed by atoms with Crippen molar-refractivity contribution in [2.24, 2.45) is 0 Å². The van der Waals surface area contributed by atoms with Crippen molar-refractivity contribution >= 4 is 39.7 Å². The van der Waals surface area contributed by atoms with Gasteiger partial charge in [-0.3, -0.25) is 4.79 Å². The molecule has 0 fully saturated rings. The molecule has 1 nitrogen and oxygen atoms in total. The van der Waals surface area contributed by atoms with Crippen molar-refractivity contribution in [2.75, 3.05) is 0 Å². The Morgan fingerprint density at radius 1 is 1.25 bits per heavy atom. The van der Waals surface area contributed by atoms with Crippen LogP contribution in [0.5, 0.6) is 0 Å². The highest BCUT2D eigenvalue weighted by Gasteiger charge is 2.09. The van der Waals surface area contributed by atoms with Crippen LogP contribution in [0, 0.1) is 3.57 Å². The smallest absolute Gasteiger partial charge is 0.172 e. The third kappa shape index (κ3) is 2.35. The number of carbonyl (C=O) groups is 1. The number of thiophene rings is 1. The maximum Gasteiger partial charge on any atom is 0.172 e. The number of rotatable bonds is 3. The van der Waals surface area contributed by atoms with Crippen LogP contribution in [0.2, 0.25) is 0 Å². The summed E-state index contributed by atoms with van der Waals surface area (Å²) in [6.07, 6.45) is 0.575. The van der Waals surface area contributed by atoms with Gasteiger partial charge >= 0.3 is 0 Å². The Morgan fingerprint density at radius 2 is 2.00 bits per heavy atom. The van der Waals surface area contributed by atoms with Crippen LogP contribution in [0.4, 0.5) is 0 Å². The highest BCUT2D eigenvalue weighted by Crippen LogP contribution is 2.31. The van der Waals surface area contributed by atoms with Crippen molar-refractivity contribution in [3.63, 3.8) is 0 Å². The molecule has 0 radical (unpaired) electrons. The zero-order chi connectivity index (χ0) is 11.5. The summed E-state index contributed by atoms with van der Waals surface area (Å²) in [4.78, 5) is 13.6. The Morgan fingerprint density at radius 3 is 2.69 bits per heavy atom. The van der Waals surface area contributed by atoms with Crippen molar-refractivity contribution in [1.82, 2.24) is 0 Å². The molecule has 0 amide bonds. The van der Waals surface area contributed by atoms with Crippen LogP contribution in [-0.4, -0.2) is 5.78 Å². The van der Waals surface area contributed by atoms with Gasteiger partial charge in [0.05, 0.1) is 4.88 Å². The fourth-order valence-electron chi connectivity index (χ4n) is 1.47. The third-order valence-electron chi connectivity index (χ3n) is 2.34. The number of Topliss-reactive ketones (excluding diaryl/α,β-unsaturated/α-hetero) is 1. The van der Waals surface area contributed by atoms with Crippen molar-refractivity contribution in [3.8, 4) is 10.4 Å². The summed E-state index contributed by atoms with van der Waals surface area (Å²) in [5.74, 6) is 0.224. The number of hydrogen-bond donors (Lipinski definition) is 0. The summed E-state index contributed by atoms with van der Waals surface area (Å²) in [7, 11) is 0. The van der Waals surface area contributed by atoms with E-state index in [0.29, 0.717) is 6.42 Å². The second kappa shape index (κ2) is 5.10. The van der Waals surface area contributed by atoms with Crippen LogP contribution < -0.4 is 0 Å². The quantitative estimate of drug-likeness (QED) is 0.588. The average molecular weight is 342 g/mol. The predicted molar refractivity (Wildman–Crippen MR) is 77.1 cm³/mol. The first-order chi connectivity index (χ1) is 7.72. The van der Waals surface area contributed by atoms with E-state index in [1.165, 1.54) is 14.0 Å². The molecule has 2 aromatic rings. The Balaban J connectivity index is 2.39. The topological polar surface area (TPSA) is 17.1 Å². The van der Waals surface area contributed by atoms with Crippen LogP contribution >= 0.6 is 33.9 Å². The molecule has 0 saturated carbocycles. The molecule has 2 rings (SSSR count). The fraction of sp³-hybridized carbons (Fsp3) is 0.154. The minimum absolute atomic E-state index is 0.224. The lowest BCUT2D eigenvalue weighted by Crippen LogP contribution is -1.90. The van der Waals surface area contributed by atoms with Gasteiger partial charge in [0.25, 0.3) is 0 Å². The summed E-state index contributed by atoms with van der Waals surface area (Å²) < 4.78 is 1.22. The molecule has 82 valence electrons.